The van der Waals surface area contributed by atoms with Crippen LogP contribution in [0, 0.1) is 74.7 Å². The zero-order chi connectivity index (χ0) is 41.1. The molecule has 303 valence electrons. The second-order valence-electron chi connectivity index (χ2n) is 15.5. The van der Waals surface area contributed by atoms with Crippen molar-refractivity contribution in [2.75, 3.05) is 0 Å². The Bertz CT molecular complexity index is 2940. The van der Waals surface area contributed by atoms with Gasteiger partial charge in [-0.15, -0.1) is 41.1 Å². The predicted octanol–water partition coefficient (Wildman–Crippen LogP) is 9.38. The third-order valence-electron chi connectivity index (χ3n) is 11.8. The number of aliphatic hydroxyl groups is 2. The maximum Gasteiger partial charge on any atom is 0.495 e. The van der Waals surface area contributed by atoms with E-state index in [1.165, 1.54) is 21.9 Å². The van der Waals surface area contributed by atoms with Gasteiger partial charge in [-0.05, 0) is 66.4 Å². The Labute approximate surface area is 417 Å². The molecular formula is C54H41B2O5U2-2. The number of fused-ring (bicyclic) bond motifs is 4. The van der Waals surface area contributed by atoms with Crippen LogP contribution < -0.4 is 10.9 Å². The Morgan fingerprint density at radius 3 is 1.59 bits per heavy atom. The van der Waals surface area contributed by atoms with E-state index in [1.54, 1.807) is 13.9 Å². The molecule has 0 bridgehead atoms. The topological polar surface area (TPSA) is 68.2 Å². The average Bonchev–Trinajstić information content (AvgIpc) is 3.79. The molecule has 1 aliphatic carbocycles. The van der Waals surface area contributed by atoms with Gasteiger partial charge in [0.1, 0.15) is 0 Å². The molecule has 1 radical (unpaired) electrons. The summed E-state index contributed by atoms with van der Waals surface area (Å²) >= 11 is 0. The Morgan fingerprint density at radius 1 is 0.492 bits per heavy atom. The van der Waals surface area contributed by atoms with Gasteiger partial charge in [-0.1, -0.05) is 188 Å². The molecular weight excluding hydrogens is 1230 g/mol. The fraction of sp³-hybridized carbons (Fsp3) is 0.0926. The molecule has 63 heavy (non-hydrogen) atoms. The van der Waals surface area contributed by atoms with E-state index >= 15 is 0 Å². The van der Waals surface area contributed by atoms with Crippen LogP contribution in [0.4, 0.5) is 0 Å². The van der Waals surface area contributed by atoms with Gasteiger partial charge in [0.2, 0.25) is 0 Å². The monoisotopic (exact) mass is 1270 g/mol. The summed E-state index contributed by atoms with van der Waals surface area (Å²) in [6.45, 7) is 0. The molecule has 9 aromatic rings. The van der Waals surface area contributed by atoms with Gasteiger partial charge in [0.05, 0.1) is 18.3 Å². The zero-order valence-electron chi connectivity index (χ0n) is 34.3. The molecule has 5 nitrogen and oxygen atoms in total. The van der Waals surface area contributed by atoms with Crippen molar-refractivity contribution in [2.45, 2.75) is 30.5 Å². The van der Waals surface area contributed by atoms with Gasteiger partial charge in [-0.2, -0.15) is 0 Å². The Hall–Kier alpha value is -4.21. The second-order valence-corrected chi connectivity index (χ2v) is 15.5. The van der Waals surface area contributed by atoms with Gasteiger partial charge in [-0.3, -0.25) is 6.42 Å². The third kappa shape index (κ3) is 9.48. The van der Waals surface area contributed by atoms with Gasteiger partial charge >= 0.3 is 14.6 Å². The van der Waals surface area contributed by atoms with Crippen molar-refractivity contribution < 1.29 is 86.4 Å². The maximum atomic E-state index is 10.9. The van der Waals surface area contributed by atoms with E-state index in [0.717, 1.165) is 54.7 Å². The SMILES string of the molecule is OC1[CH-]C(O[B]c2ccc(-c3ccccc3)c3ccccc23)C2OB(c3ccc(-c4ccccc4)c4ccccc34)OC2C1O.[U].[U].[c-]1ccc(-c2ccccc2)c2ccccc12. The zero-order valence-corrected chi connectivity index (χ0v) is 42.6. The molecule has 1 saturated heterocycles. The van der Waals surface area contributed by atoms with Gasteiger partial charge in [0.25, 0.3) is 0 Å². The molecule has 5 unspecified atom stereocenters. The van der Waals surface area contributed by atoms with Crippen LogP contribution in [0.1, 0.15) is 0 Å². The summed E-state index contributed by atoms with van der Waals surface area (Å²) in [4.78, 5) is 0. The fourth-order valence-corrected chi connectivity index (χ4v) is 8.75. The number of hydrogen-bond donors (Lipinski definition) is 2. The molecule has 5 atom stereocenters. The predicted molar refractivity (Wildman–Crippen MR) is 249 cm³/mol. The molecule has 11 rings (SSSR count). The summed E-state index contributed by atoms with van der Waals surface area (Å²) in [5.74, 6) is 0. The molecule has 0 spiro atoms. The van der Waals surface area contributed by atoms with Crippen molar-refractivity contribution in [3.8, 4) is 33.4 Å². The quantitative estimate of drug-likeness (QED) is 0.123. The van der Waals surface area contributed by atoms with E-state index in [4.69, 9.17) is 14.0 Å². The second kappa shape index (κ2) is 20.7. The van der Waals surface area contributed by atoms with Crippen LogP contribution in [0.5, 0.6) is 0 Å². The van der Waals surface area contributed by atoms with Crippen LogP contribution >= 0.6 is 0 Å². The third-order valence-corrected chi connectivity index (χ3v) is 11.8. The van der Waals surface area contributed by atoms with Gasteiger partial charge in [-0.25, -0.2) is 0 Å². The Morgan fingerprint density at radius 2 is 0.968 bits per heavy atom. The first kappa shape index (κ1) is 45.4. The van der Waals surface area contributed by atoms with Gasteiger partial charge in [0, 0.05) is 62.2 Å². The Balaban J connectivity index is 0.000000254. The van der Waals surface area contributed by atoms with Crippen molar-refractivity contribution in [3.05, 3.63) is 213 Å². The van der Waals surface area contributed by atoms with Crippen LogP contribution in [0.25, 0.3) is 65.7 Å². The standard InChI is InChI=1S/C38H30B2O5.C16H11.2U/c41-34-23-35(43-39-32-21-19-26(24-11-3-1-4-12-24)28-15-7-9-17-30(28)32)37-38(36(34)42)45-40(44-37)33-22-20-27(25-13-5-2-6-14-25)29-16-8-10-18-31(29)33;1-2-7-13(8-3-1)16-12-6-10-14-9-4-5-11-15(14)16;;/h1-23,34-38,41-42H;1-9,11-12H;;/q2*-1;;. The molecule has 1 heterocycles. The van der Waals surface area contributed by atoms with E-state index in [0.29, 0.717) is 0 Å². The summed E-state index contributed by atoms with van der Waals surface area (Å²) < 4.78 is 19.2. The summed E-state index contributed by atoms with van der Waals surface area (Å²) in [5.41, 5.74) is 8.85. The van der Waals surface area contributed by atoms with E-state index in [9.17, 15) is 10.2 Å². The summed E-state index contributed by atoms with van der Waals surface area (Å²) in [6.07, 6.45) is -2.68. The number of aliphatic hydroxyl groups excluding tert-OH is 2. The van der Waals surface area contributed by atoms with Crippen molar-refractivity contribution in [2.24, 2.45) is 0 Å². The minimum absolute atomic E-state index is 0. The molecule has 0 aromatic heterocycles. The molecule has 1 saturated carbocycles. The summed E-state index contributed by atoms with van der Waals surface area (Å²) in [6, 6.07) is 71.5. The van der Waals surface area contributed by atoms with Crippen LogP contribution in [-0.2, 0) is 14.0 Å². The van der Waals surface area contributed by atoms with Crippen molar-refractivity contribution in [3.63, 3.8) is 0 Å². The number of benzene rings is 9. The van der Waals surface area contributed by atoms with E-state index in [-0.39, 0.29) is 62.2 Å². The molecule has 2 aliphatic rings. The van der Waals surface area contributed by atoms with Crippen molar-refractivity contribution in [1.82, 2.24) is 0 Å². The largest absolute Gasteiger partial charge is 0.495 e. The Kier molecular flexibility index (Phi) is 14.9. The number of rotatable bonds is 7. The normalized spacial score (nSPS) is 19.0. The van der Waals surface area contributed by atoms with Crippen molar-refractivity contribution >= 4 is 57.8 Å². The van der Waals surface area contributed by atoms with Crippen LogP contribution in [0.2, 0.25) is 0 Å². The molecule has 9 heteroatoms. The van der Waals surface area contributed by atoms with E-state index in [1.807, 2.05) is 91.0 Å². The molecule has 2 N–H and O–H groups in total. The molecule has 9 aromatic carbocycles. The first-order valence-corrected chi connectivity index (χ1v) is 20.7. The summed E-state index contributed by atoms with van der Waals surface area (Å²) in [5, 5.41) is 28.4. The van der Waals surface area contributed by atoms with E-state index < -0.39 is 37.6 Å². The number of hydrogen-bond acceptors (Lipinski definition) is 5. The molecule has 1 aliphatic heterocycles. The van der Waals surface area contributed by atoms with Gasteiger partial charge < -0.3 is 24.2 Å². The van der Waals surface area contributed by atoms with Crippen LogP contribution in [0.3, 0.4) is 0 Å². The fourth-order valence-electron chi connectivity index (χ4n) is 8.75. The molecule has 2 fully saturated rings. The van der Waals surface area contributed by atoms with Crippen LogP contribution in [-0.4, -0.2) is 55.3 Å². The van der Waals surface area contributed by atoms with Gasteiger partial charge in [0.15, 0.2) is 0 Å². The minimum atomic E-state index is -1.14. The molecule has 0 amide bonds. The average molecular weight is 1270 g/mol. The maximum absolute atomic E-state index is 10.9. The first-order valence-electron chi connectivity index (χ1n) is 20.7. The first-order chi connectivity index (χ1) is 30.1. The van der Waals surface area contributed by atoms with Crippen LogP contribution in [0.15, 0.2) is 200 Å². The smallest absolute Gasteiger partial charge is 0.460 e. The minimum Gasteiger partial charge on any atom is -0.460 e. The van der Waals surface area contributed by atoms with Crippen molar-refractivity contribution in [1.29, 1.82) is 0 Å². The summed E-state index contributed by atoms with van der Waals surface area (Å²) in [7, 11) is 0.987. The van der Waals surface area contributed by atoms with E-state index in [2.05, 4.69) is 115 Å².